The zero-order valence-corrected chi connectivity index (χ0v) is 17.2. The fourth-order valence-corrected chi connectivity index (χ4v) is 3.15. The number of aromatic nitrogens is 2. The van der Waals surface area contributed by atoms with E-state index in [1.165, 1.54) is 0 Å². The van der Waals surface area contributed by atoms with Crippen molar-refractivity contribution in [3.8, 4) is 11.4 Å². The van der Waals surface area contributed by atoms with Gasteiger partial charge in [0.15, 0.2) is 0 Å². The number of nitrogens with one attached hydrogen (secondary N) is 2. The van der Waals surface area contributed by atoms with Crippen LogP contribution < -0.4 is 15.6 Å². The lowest BCUT2D eigenvalue weighted by Crippen LogP contribution is -2.41. The first-order valence-electron chi connectivity index (χ1n) is 9.91. The highest BCUT2D eigenvalue weighted by Crippen LogP contribution is 2.18. The summed E-state index contributed by atoms with van der Waals surface area (Å²) in [6.45, 7) is 3.86. The molecule has 0 aliphatic rings. The minimum absolute atomic E-state index is 0.0536. The Hall–Kier alpha value is -4.13. The van der Waals surface area contributed by atoms with Crippen molar-refractivity contribution in [1.82, 2.24) is 20.4 Å². The van der Waals surface area contributed by atoms with Crippen LogP contribution in [-0.4, -0.2) is 27.5 Å². The second kappa shape index (κ2) is 8.71. The van der Waals surface area contributed by atoms with E-state index in [1.54, 1.807) is 42.7 Å². The van der Waals surface area contributed by atoms with Gasteiger partial charge in [0.2, 0.25) is 0 Å². The van der Waals surface area contributed by atoms with E-state index in [-0.39, 0.29) is 6.10 Å². The van der Waals surface area contributed by atoms with E-state index in [0.717, 1.165) is 16.7 Å². The molecule has 0 aliphatic carbocycles. The minimum atomic E-state index is -0.411. The number of hydrazine groups is 1. The maximum absolute atomic E-state index is 12.4. The summed E-state index contributed by atoms with van der Waals surface area (Å²) in [6, 6.07) is 21.6. The molecule has 1 aromatic heterocycles. The molecule has 0 radical (unpaired) electrons. The Labute approximate surface area is 179 Å². The summed E-state index contributed by atoms with van der Waals surface area (Å²) in [7, 11) is 0. The summed E-state index contributed by atoms with van der Waals surface area (Å²) >= 11 is 0. The van der Waals surface area contributed by atoms with Crippen molar-refractivity contribution in [2.75, 3.05) is 0 Å². The van der Waals surface area contributed by atoms with Crippen LogP contribution in [0.3, 0.4) is 0 Å². The Balaban J connectivity index is 1.38. The van der Waals surface area contributed by atoms with Crippen molar-refractivity contribution in [1.29, 1.82) is 0 Å². The number of para-hydroxylation sites is 2. The smallest absolute Gasteiger partial charge is 0.269 e. The molecule has 4 aromatic rings. The number of fused-ring (bicyclic) bond motifs is 1. The SMILES string of the molecule is CC(C)Oc1ccc(C(=O)NNC(=O)c2ccc(-n3cnc4ccccc43)cc2)cc1. The van der Waals surface area contributed by atoms with Gasteiger partial charge in [-0.15, -0.1) is 0 Å². The summed E-state index contributed by atoms with van der Waals surface area (Å²) in [5.41, 5.74) is 8.48. The third-order valence-corrected chi connectivity index (χ3v) is 4.64. The Morgan fingerprint density at radius 3 is 2.03 bits per heavy atom. The number of hydrogen-bond acceptors (Lipinski definition) is 4. The standard InChI is InChI=1S/C24H22N4O3/c1-16(2)31-20-13-9-18(10-14-20)24(30)27-26-23(29)17-7-11-19(12-8-17)28-15-25-21-5-3-4-6-22(21)28/h3-16H,1-2H3,(H,26,29)(H,27,30). The molecule has 1 heterocycles. The maximum atomic E-state index is 12.4. The van der Waals surface area contributed by atoms with Crippen molar-refractivity contribution in [2.24, 2.45) is 0 Å². The molecule has 4 rings (SSSR count). The van der Waals surface area contributed by atoms with E-state index in [4.69, 9.17) is 4.74 Å². The highest BCUT2D eigenvalue weighted by molar-refractivity contribution is 5.99. The topological polar surface area (TPSA) is 85.3 Å². The van der Waals surface area contributed by atoms with Crippen LogP contribution in [0, 0.1) is 0 Å². The maximum Gasteiger partial charge on any atom is 0.269 e. The molecule has 0 atom stereocenters. The van der Waals surface area contributed by atoms with Crippen molar-refractivity contribution in [3.63, 3.8) is 0 Å². The molecule has 0 fully saturated rings. The van der Waals surface area contributed by atoms with Gasteiger partial charge in [-0.2, -0.15) is 0 Å². The predicted octanol–water partition coefficient (Wildman–Crippen LogP) is 3.89. The van der Waals surface area contributed by atoms with Crippen LogP contribution >= 0.6 is 0 Å². The van der Waals surface area contributed by atoms with E-state index in [2.05, 4.69) is 15.8 Å². The predicted molar refractivity (Wildman–Crippen MR) is 118 cm³/mol. The number of rotatable bonds is 5. The summed E-state index contributed by atoms with van der Waals surface area (Å²) in [5.74, 6) is -0.137. The molecule has 0 saturated heterocycles. The monoisotopic (exact) mass is 414 g/mol. The molecular weight excluding hydrogens is 392 g/mol. The molecule has 0 aliphatic heterocycles. The first-order chi connectivity index (χ1) is 15.0. The Kier molecular flexibility index (Phi) is 5.66. The fourth-order valence-electron chi connectivity index (χ4n) is 3.15. The van der Waals surface area contributed by atoms with Gasteiger partial charge in [-0.1, -0.05) is 12.1 Å². The van der Waals surface area contributed by atoms with Crippen molar-refractivity contribution in [3.05, 3.63) is 90.3 Å². The molecule has 0 spiro atoms. The summed E-state index contributed by atoms with van der Waals surface area (Å²) in [5, 5.41) is 0. The molecule has 156 valence electrons. The Bertz CT molecular complexity index is 1210. The van der Waals surface area contributed by atoms with E-state index in [9.17, 15) is 9.59 Å². The Morgan fingerprint density at radius 2 is 1.42 bits per heavy atom. The number of amides is 2. The minimum Gasteiger partial charge on any atom is -0.491 e. The summed E-state index contributed by atoms with van der Waals surface area (Å²) < 4.78 is 7.51. The van der Waals surface area contributed by atoms with E-state index in [1.807, 2.05) is 54.8 Å². The molecule has 0 bridgehead atoms. The van der Waals surface area contributed by atoms with E-state index >= 15 is 0 Å². The average Bonchev–Trinajstić information content (AvgIpc) is 3.21. The second-order valence-corrected chi connectivity index (χ2v) is 7.25. The van der Waals surface area contributed by atoms with Gasteiger partial charge in [0.1, 0.15) is 12.1 Å². The van der Waals surface area contributed by atoms with Crippen LogP contribution in [0.1, 0.15) is 34.6 Å². The van der Waals surface area contributed by atoms with Gasteiger partial charge in [-0.3, -0.25) is 25.0 Å². The highest BCUT2D eigenvalue weighted by Gasteiger charge is 2.11. The van der Waals surface area contributed by atoms with Crippen LogP contribution in [0.25, 0.3) is 16.7 Å². The Morgan fingerprint density at radius 1 is 0.839 bits per heavy atom. The van der Waals surface area contributed by atoms with Gasteiger partial charge >= 0.3 is 0 Å². The van der Waals surface area contributed by atoms with E-state index < -0.39 is 11.8 Å². The van der Waals surface area contributed by atoms with Crippen LogP contribution in [0.2, 0.25) is 0 Å². The van der Waals surface area contributed by atoms with Gasteiger partial charge in [0.05, 0.1) is 17.1 Å². The lowest BCUT2D eigenvalue weighted by molar-refractivity contribution is 0.0846. The summed E-state index contributed by atoms with van der Waals surface area (Å²) in [4.78, 5) is 29.0. The number of carbonyl (C=O) groups excluding carboxylic acids is 2. The number of benzene rings is 3. The lowest BCUT2D eigenvalue weighted by Gasteiger charge is -2.11. The molecule has 3 aromatic carbocycles. The van der Waals surface area contributed by atoms with Crippen molar-refractivity contribution < 1.29 is 14.3 Å². The third-order valence-electron chi connectivity index (χ3n) is 4.64. The van der Waals surface area contributed by atoms with E-state index in [0.29, 0.717) is 16.9 Å². The number of carbonyl (C=O) groups is 2. The molecule has 0 unspecified atom stereocenters. The third kappa shape index (κ3) is 4.56. The van der Waals surface area contributed by atoms with Crippen LogP contribution in [0.4, 0.5) is 0 Å². The van der Waals surface area contributed by atoms with Crippen LogP contribution in [0.15, 0.2) is 79.1 Å². The second-order valence-electron chi connectivity index (χ2n) is 7.25. The number of ether oxygens (including phenoxy) is 1. The molecular formula is C24H22N4O3. The van der Waals surface area contributed by atoms with Gasteiger partial charge < -0.3 is 4.74 Å². The van der Waals surface area contributed by atoms with Crippen LogP contribution in [0.5, 0.6) is 5.75 Å². The lowest BCUT2D eigenvalue weighted by atomic mass is 10.2. The molecule has 0 saturated carbocycles. The number of hydrogen-bond donors (Lipinski definition) is 2. The van der Waals surface area contributed by atoms with Gasteiger partial charge in [-0.05, 0) is 74.5 Å². The summed E-state index contributed by atoms with van der Waals surface area (Å²) in [6.07, 6.45) is 1.80. The van der Waals surface area contributed by atoms with Crippen molar-refractivity contribution >= 4 is 22.8 Å². The van der Waals surface area contributed by atoms with Crippen LogP contribution in [-0.2, 0) is 0 Å². The normalized spacial score (nSPS) is 10.8. The fraction of sp³-hybridized carbons (Fsp3) is 0.125. The molecule has 2 N–H and O–H groups in total. The quantitative estimate of drug-likeness (QED) is 0.485. The molecule has 7 heteroatoms. The first kappa shape index (κ1) is 20.2. The van der Waals surface area contributed by atoms with Gasteiger partial charge in [-0.25, -0.2) is 4.98 Å². The zero-order chi connectivity index (χ0) is 21.8. The molecule has 31 heavy (non-hydrogen) atoms. The van der Waals surface area contributed by atoms with Crippen molar-refractivity contribution in [2.45, 2.75) is 20.0 Å². The molecule has 7 nitrogen and oxygen atoms in total. The first-order valence-corrected chi connectivity index (χ1v) is 9.91. The number of imidazole rings is 1. The van der Waals surface area contributed by atoms with Gasteiger partial charge in [0, 0.05) is 16.8 Å². The largest absolute Gasteiger partial charge is 0.491 e. The highest BCUT2D eigenvalue weighted by atomic mass is 16.5. The average molecular weight is 414 g/mol. The van der Waals surface area contributed by atoms with Gasteiger partial charge in [0.25, 0.3) is 11.8 Å². The molecule has 2 amide bonds. The zero-order valence-electron chi connectivity index (χ0n) is 17.2. The number of nitrogens with zero attached hydrogens (tertiary/aromatic N) is 2.